The summed E-state index contributed by atoms with van der Waals surface area (Å²) < 4.78 is 15.7. The minimum absolute atomic E-state index is 0.0621. The highest BCUT2D eigenvalue weighted by atomic mass is 19.1. The van der Waals surface area contributed by atoms with E-state index >= 15 is 0 Å². The third-order valence-electron chi connectivity index (χ3n) is 3.33. The number of amides is 1. The molecule has 3 rings (SSSR count). The molecule has 0 saturated carbocycles. The molecule has 0 spiro atoms. The van der Waals surface area contributed by atoms with Crippen LogP contribution in [0.1, 0.15) is 17.5 Å². The van der Waals surface area contributed by atoms with Crippen LogP contribution in [0.2, 0.25) is 0 Å². The third kappa shape index (κ3) is 2.49. The van der Waals surface area contributed by atoms with Gasteiger partial charge in [0.05, 0.1) is 11.9 Å². The van der Waals surface area contributed by atoms with Crippen molar-refractivity contribution in [2.45, 2.75) is 19.4 Å². The number of hydrogen-bond donors (Lipinski definition) is 2. The molecule has 1 aliphatic heterocycles. The SMILES string of the molecule is Cn1cc(CNc2cc3c(cc2F)NC(=O)CC3)cn1. The van der Waals surface area contributed by atoms with Gasteiger partial charge < -0.3 is 10.6 Å². The van der Waals surface area contributed by atoms with Crippen LogP contribution in [0, 0.1) is 5.82 Å². The van der Waals surface area contributed by atoms with Gasteiger partial charge in [-0.05, 0) is 24.1 Å². The molecule has 2 aromatic rings. The van der Waals surface area contributed by atoms with Gasteiger partial charge in [0.15, 0.2) is 0 Å². The molecule has 1 aromatic carbocycles. The van der Waals surface area contributed by atoms with E-state index in [2.05, 4.69) is 15.7 Å². The molecule has 2 heterocycles. The Morgan fingerprint density at radius 1 is 1.45 bits per heavy atom. The molecule has 1 amide bonds. The number of halogens is 1. The van der Waals surface area contributed by atoms with Crippen molar-refractivity contribution in [1.82, 2.24) is 9.78 Å². The predicted molar refractivity (Wildman–Crippen MR) is 73.9 cm³/mol. The van der Waals surface area contributed by atoms with Crippen molar-refractivity contribution in [2.75, 3.05) is 10.6 Å². The molecule has 6 heteroatoms. The fraction of sp³-hybridized carbons (Fsp3) is 0.286. The lowest BCUT2D eigenvalue weighted by atomic mass is 10.0. The van der Waals surface area contributed by atoms with Crippen molar-refractivity contribution >= 4 is 17.3 Å². The van der Waals surface area contributed by atoms with Crippen molar-refractivity contribution in [2.24, 2.45) is 7.05 Å². The number of nitrogens with one attached hydrogen (secondary N) is 2. The molecule has 1 aliphatic rings. The zero-order valence-electron chi connectivity index (χ0n) is 11.1. The lowest BCUT2D eigenvalue weighted by Gasteiger charge is -2.18. The summed E-state index contributed by atoms with van der Waals surface area (Å²) >= 11 is 0. The van der Waals surface area contributed by atoms with Crippen LogP contribution < -0.4 is 10.6 Å². The van der Waals surface area contributed by atoms with Gasteiger partial charge in [0.25, 0.3) is 0 Å². The monoisotopic (exact) mass is 274 g/mol. The van der Waals surface area contributed by atoms with Gasteiger partial charge in [-0.15, -0.1) is 0 Å². The predicted octanol–water partition coefficient (Wildman–Crippen LogP) is 2.06. The molecule has 0 fully saturated rings. The fourth-order valence-corrected chi connectivity index (χ4v) is 2.30. The van der Waals surface area contributed by atoms with E-state index in [1.54, 1.807) is 16.9 Å². The molecule has 0 radical (unpaired) electrons. The largest absolute Gasteiger partial charge is 0.378 e. The van der Waals surface area contributed by atoms with Crippen LogP contribution in [0.15, 0.2) is 24.5 Å². The van der Waals surface area contributed by atoms with Crippen LogP contribution in [-0.4, -0.2) is 15.7 Å². The van der Waals surface area contributed by atoms with Crippen molar-refractivity contribution in [1.29, 1.82) is 0 Å². The van der Waals surface area contributed by atoms with E-state index in [9.17, 15) is 9.18 Å². The van der Waals surface area contributed by atoms with Crippen molar-refractivity contribution in [3.05, 3.63) is 41.5 Å². The average molecular weight is 274 g/mol. The van der Waals surface area contributed by atoms with Crippen LogP contribution in [0.5, 0.6) is 0 Å². The number of fused-ring (bicyclic) bond motifs is 1. The normalized spacial score (nSPS) is 13.8. The summed E-state index contributed by atoms with van der Waals surface area (Å²) in [4.78, 5) is 11.3. The summed E-state index contributed by atoms with van der Waals surface area (Å²) in [6.45, 7) is 0.510. The van der Waals surface area contributed by atoms with E-state index < -0.39 is 0 Å². The summed E-state index contributed by atoms with van der Waals surface area (Å²) in [5.74, 6) is -0.428. The summed E-state index contributed by atoms with van der Waals surface area (Å²) in [5, 5.41) is 9.81. The highest BCUT2D eigenvalue weighted by Gasteiger charge is 2.17. The van der Waals surface area contributed by atoms with Gasteiger partial charge in [-0.3, -0.25) is 9.48 Å². The number of carbonyl (C=O) groups excluding carboxylic acids is 1. The summed E-state index contributed by atoms with van der Waals surface area (Å²) in [7, 11) is 1.84. The molecule has 0 saturated heterocycles. The number of carbonyl (C=O) groups is 1. The summed E-state index contributed by atoms with van der Waals surface area (Å²) in [5.41, 5.74) is 2.96. The lowest BCUT2D eigenvalue weighted by molar-refractivity contribution is -0.116. The molecule has 0 bridgehead atoms. The number of aryl methyl sites for hydroxylation is 2. The zero-order chi connectivity index (χ0) is 14.1. The molecule has 104 valence electrons. The highest BCUT2D eigenvalue weighted by molar-refractivity contribution is 5.94. The minimum Gasteiger partial charge on any atom is -0.378 e. The van der Waals surface area contributed by atoms with Crippen LogP contribution in [0.4, 0.5) is 15.8 Å². The summed E-state index contributed by atoms with van der Waals surface area (Å²) in [6, 6.07) is 3.14. The van der Waals surface area contributed by atoms with Crippen molar-refractivity contribution in [3.63, 3.8) is 0 Å². The maximum absolute atomic E-state index is 14.0. The fourth-order valence-electron chi connectivity index (χ4n) is 2.30. The standard InChI is InChI=1S/C14H15FN4O/c1-19-8-9(7-17-19)6-16-13-4-10-2-3-14(20)18-12(10)5-11(13)15/h4-5,7-8,16H,2-3,6H2,1H3,(H,18,20). The first-order valence-electron chi connectivity index (χ1n) is 6.45. The van der Waals surface area contributed by atoms with Gasteiger partial charge in [-0.25, -0.2) is 4.39 Å². The van der Waals surface area contributed by atoms with E-state index in [0.717, 1.165) is 11.1 Å². The molecule has 5 nitrogen and oxygen atoms in total. The maximum atomic E-state index is 14.0. The van der Waals surface area contributed by atoms with Crippen LogP contribution in [0.25, 0.3) is 0 Å². The first kappa shape index (κ1) is 12.7. The average Bonchev–Trinajstić information content (AvgIpc) is 2.82. The van der Waals surface area contributed by atoms with E-state index in [4.69, 9.17) is 0 Å². The van der Waals surface area contributed by atoms with Gasteiger partial charge in [-0.2, -0.15) is 5.10 Å². The topological polar surface area (TPSA) is 59.0 Å². The first-order valence-corrected chi connectivity index (χ1v) is 6.45. The third-order valence-corrected chi connectivity index (χ3v) is 3.33. The quantitative estimate of drug-likeness (QED) is 0.900. The minimum atomic E-state index is -0.366. The molecular formula is C14H15FN4O. The molecule has 20 heavy (non-hydrogen) atoms. The van der Waals surface area contributed by atoms with E-state index in [0.29, 0.717) is 30.8 Å². The Balaban J connectivity index is 1.78. The Labute approximate surface area is 115 Å². The Morgan fingerprint density at radius 2 is 2.30 bits per heavy atom. The van der Waals surface area contributed by atoms with E-state index in [1.165, 1.54) is 6.07 Å². The second kappa shape index (κ2) is 4.96. The second-order valence-electron chi connectivity index (χ2n) is 4.91. The number of anilines is 2. The molecular weight excluding hydrogens is 259 g/mol. The van der Waals surface area contributed by atoms with Gasteiger partial charge >= 0.3 is 0 Å². The summed E-state index contributed by atoms with van der Waals surface area (Å²) in [6.07, 6.45) is 4.71. The Hall–Kier alpha value is -2.37. The Kier molecular flexibility index (Phi) is 3.14. The van der Waals surface area contributed by atoms with E-state index in [1.807, 2.05) is 13.2 Å². The van der Waals surface area contributed by atoms with Crippen LogP contribution in [-0.2, 0) is 24.8 Å². The Bertz CT molecular complexity index is 665. The number of rotatable bonds is 3. The highest BCUT2D eigenvalue weighted by Crippen LogP contribution is 2.28. The maximum Gasteiger partial charge on any atom is 0.224 e. The number of hydrogen-bond acceptors (Lipinski definition) is 3. The first-order chi connectivity index (χ1) is 9.61. The molecule has 0 atom stereocenters. The van der Waals surface area contributed by atoms with Gasteiger partial charge in [-0.1, -0.05) is 0 Å². The zero-order valence-corrected chi connectivity index (χ0v) is 11.1. The van der Waals surface area contributed by atoms with Crippen LogP contribution >= 0.6 is 0 Å². The Morgan fingerprint density at radius 3 is 3.05 bits per heavy atom. The van der Waals surface area contributed by atoms with E-state index in [-0.39, 0.29) is 11.7 Å². The second-order valence-corrected chi connectivity index (χ2v) is 4.91. The number of aromatic nitrogens is 2. The molecule has 0 unspecified atom stereocenters. The smallest absolute Gasteiger partial charge is 0.224 e. The molecule has 2 N–H and O–H groups in total. The number of benzene rings is 1. The van der Waals surface area contributed by atoms with Crippen LogP contribution in [0.3, 0.4) is 0 Å². The van der Waals surface area contributed by atoms with Crippen molar-refractivity contribution < 1.29 is 9.18 Å². The molecule has 0 aliphatic carbocycles. The van der Waals surface area contributed by atoms with Gasteiger partial charge in [0.2, 0.25) is 5.91 Å². The lowest BCUT2D eigenvalue weighted by Crippen LogP contribution is -2.19. The molecule has 1 aromatic heterocycles. The van der Waals surface area contributed by atoms with Gasteiger partial charge in [0, 0.05) is 37.5 Å². The van der Waals surface area contributed by atoms with Crippen molar-refractivity contribution in [3.8, 4) is 0 Å². The number of nitrogens with zero attached hydrogens (tertiary/aromatic N) is 2. The van der Waals surface area contributed by atoms with Gasteiger partial charge in [0.1, 0.15) is 5.82 Å².